The molecule has 1 aromatic carbocycles. The van der Waals surface area contributed by atoms with Gasteiger partial charge in [-0.15, -0.1) is 0 Å². The maximum Gasteiger partial charge on any atom is 0.247 e. The van der Waals surface area contributed by atoms with Crippen molar-refractivity contribution in [1.82, 2.24) is 9.97 Å². The van der Waals surface area contributed by atoms with E-state index in [1.165, 1.54) is 18.9 Å². The van der Waals surface area contributed by atoms with E-state index in [1.807, 2.05) is 18.2 Å². The summed E-state index contributed by atoms with van der Waals surface area (Å²) in [5.74, 6) is 0.128. The minimum absolute atomic E-state index is 0.0532. The summed E-state index contributed by atoms with van der Waals surface area (Å²) in [4.78, 5) is 19.0. The van der Waals surface area contributed by atoms with Gasteiger partial charge in [-0.05, 0) is 54.3 Å². The first kappa shape index (κ1) is 18.4. The van der Waals surface area contributed by atoms with Gasteiger partial charge in [0.15, 0.2) is 0 Å². The number of pyridine rings is 2. The van der Waals surface area contributed by atoms with E-state index in [1.54, 1.807) is 30.7 Å². The summed E-state index contributed by atoms with van der Waals surface area (Å²) in [5, 5.41) is 7.84. The first-order chi connectivity index (χ1) is 13.1. The lowest BCUT2D eigenvalue weighted by Gasteiger charge is -2.21. The molecule has 1 fully saturated rings. The van der Waals surface area contributed by atoms with E-state index in [9.17, 15) is 4.79 Å². The summed E-state index contributed by atoms with van der Waals surface area (Å²) in [6.45, 7) is 2.10. The SMILES string of the molecule is N=C(N)c1cc(-c2ccncc2)ccc1N1CCCC1.O=c1cccc[nH]1. The number of nitrogens with one attached hydrogen (secondary N) is 2. The van der Waals surface area contributed by atoms with Crippen LogP contribution in [0.1, 0.15) is 18.4 Å². The van der Waals surface area contributed by atoms with Crippen molar-refractivity contribution in [2.75, 3.05) is 18.0 Å². The number of amidine groups is 1. The fourth-order valence-electron chi connectivity index (χ4n) is 3.09. The zero-order valence-electron chi connectivity index (χ0n) is 15.1. The predicted molar refractivity (Wildman–Crippen MR) is 109 cm³/mol. The van der Waals surface area contributed by atoms with Gasteiger partial charge in [0.25, 0.3) is 0 Å². The second-order valence-corrected chi connectivity index (χ2v) is 6.30. The zero-order valence-corrected chi connectivity index (χ0v) is 15.1. The molecule has 0 spiro atoms. The highest BCUT2D eigenvalue weighted by molar-refractivity contribution is 6.01. The van der Waals surface area contributed by atoms with E-state index < -0.39 is 0 Å². The summed E-state index contributed by atoms with van der Waals surface area (Å²) >= 11 is 0. The standard InChI is InChI=1S/C16H18N4.C5H5NO/c17-16(18)14-11-13(12-5-7-19-8-6-12)3-4-15(14)20-9-1-2-10-20;7-5-3-1-2-4-6-5/h3-8,11H,1-2,9-10H2,(H3,17,18);1-4H,(H,6,7). The number of rotatable bonds is 3. The molecule has 0 radical (unpaired) electrons. The molecule has 1 saturated heterocycles. The molecule has 4 N–H and O–H groups in total. The van der Waals surface area contributed by atoms with Gasteiger partial charge in [-0.2, -0.15) is 0 Å². The van der Waals surface area contributed by atoms with Gasteiger partial charge in [-0.1, -0.05) is 12.1 Å². The summed E-state index contributed by atoms with van der Waals surface area (Å²) in [6.07, 6.45) is 7.57. The lowest BCUT2D eigenvalue weighted by molar-refractivity contribution is 0.949. The number of nitrogen functional groups attached to an aromatic ring is 1. The number of hydrogen-bond donors (Lipinski definition) is 3. The van der Waals surface area contributed by atoms with Crippen LogP contribution in [0, 0.1) is 5.41 Å². The number of nitrogens with zero attached hydrogens (tertiary/aromatic N) is 2. The molecule has 0 bridgehead atoms. The van der Waals surface area contributed by atoms with Crippen molar-refractivity contribution in [2.45, 2.75) is 12.8 Å². The first-order valence-corrected chi connectivity index (χ1v) is 8.92. The minimum Gasteiger partial charge on any atom is -0.384 e. The molecule has 3 aromatic rings. The Morgan fingerprint density at radius 2 is 1.78 bits per heavy atom. The average molecular weight is 361 g/mol. The van der Waals surface area contributed by atoms with E-state index in [0.717, 1.165) is 35.5 Å². The quantitative estimate of drug-likeness (QED) is 0.493. The second-order valence-electron chi connectivity index (χ2n) is 6.30. The van der Waals surface area contributed by atoms with E-state index in [-0.39, 0.29) is 11.4 Å². The Kier molecular flexibility index (Phi) is 5.99. The molecular weight excluding hydrogens is 338 g/mol. The molecule has 1 aliphatic rings. The number of H-pyrrole nitrogens is 1. The highest BCUT2D eigenvalue weighted by atomic mass is 16.1. The Morgan fingerprint density at radius 1 is 1.04 bits per heavy atom. The van der Waals surface area contributed by atoms with Crippen molar-refractivity contribution in [1.29, 1.82) is 5.41 Å². The Bertz CT molecular complexity index is 929. The Morgan fingerprint density at radius 3 is 2.33 bits per heavy atom. The van der Waals surface area contributed by atoms with Crippen LogP contribution in [0.15, 0.2) is 71.9 Å². The Labute approximate surface area is 158 Å². The second kappa shape index (κ2) is 8.80. The first-order valence-electron chi connectivity index (χ1n) is 8.92. The smallest absolute Gasteiger partial charge is 0.247 e. The molecule has 0 amide bonds. The molecule has 0 saturated carbocycles. The van der Waals surface area contributed by atoms with Crippen LogP contribution >= 0.6 is 0 Å². The zero-order chi connectivity index (χ0) is 19.1. The van der Waals surface area contributed by atoms with Crippen molar-refractivity contribution < 1.29 is 0 Å². The van der Waals surface area contributed by atoms with Crippen molar-refractivity contribution in [3.8, 4) is 11.1 Å². The average Bonchev–Trinajstić information content (AvgIpc) is 3.24. The molecule has 1 aliphatic heterocycles. The third-order valence-electron chi connectivity index (χ3n) is 4.43. The maximum atomic E-state index is 10.2. The van der Waals surface area contributed by atoms with Gasteiger partial charge in [0.1, 0.15) is 5.84 Å². The van der Waals surface area contributed by atoms with Crippen molar-refractivity contribution in [3.05, 3.63) is 83.0 Å². The number of aromatic nitrogens is 2. The van der Waals surface area contributed by atoms with E-state index >= 15 is 0 Å². The van der Waals surface area contributed by atoms with Gasteiger partial charge in [0, 0.05) is 49.0 Å². The van der Waals surface area contributed by atoms with Crippen LogP contribution in [0.3, 0.4) is 0 Å². The molecule has 4 rings (SSSR count). The van der Waals surface area contributed by atoms with Crippen LogP contribution in [0.2, 0.25) is 0 Å². The van der Waals surface area contributed by atoms with Crippen molar-refractivity contribution >= 4 is 11.5 Å². The summed E-state index contributed by atoms with van der Waals surface area (Å²) in [6, 6.07) is 15.0. The summed E-state index contributed by atoms with van der Waals surface area (Å²) in [5.41, 5.74) is 9.78. The molecule has 138 valence electrons. The number of benzene rings is 1. The molecule has 0 unspecified atom stereocenters. The number of aromatic amines is 1. The monoisotopic (exact) mass is 361 g/mol. The van der Waals surface area contributed by atoms with Gasteiger partial charge in [-0.25, -0.2) is 0 Å². The van der Waals surface area contributed by atoms with Crippen LogP contribution < -0.4 is 16.2 Å². The highest BCUT2D eigenvalue weighted by Gasteiger charge is 2.17. The normalized spacial score (nSPS) is 13.0. The number of nitrogens with two attached hydrogens (primary N) is 1. The lowest BCUT2D eigenvalue weighted by Crippen LogP contribution is -2.23. The van der Waals surface area contributed by atoms with Crippen LogP contribution in [-0.4, -0.2) is 28.9 Å². The van der Waals surface area contributed by atoms with Crippen LogP contribution in [0.25, 0.3) is 11.1 Å². The van der Waals surface area contributed by atoms with Crippen LogP contribution in [0.5, 0.6) is 0 Å². The summed E-state index contributed by atoms with van der Waals surface area (Å²) < 4.78 is 0. The van der Waals surface area contributed by atoms with Crippen molar-refractivity contribution in [2.24, 2.45) is 5.73 Å². The topological polar surface area (TPSA) is 98.9 Å². The largest absolute Gasteiger partial charge is 0.384 e. The molecule has 2 aromatic heterocycles. The summed E-state index contributed by atoms with van der Waals surface area (Å²) in [7, 11) is 0. The minimum atomic E-state index is -0.0532. The third kappa shape index (κ3) is 4.82. The van der Waals surface area contributed by atoms with Gasteiger partial charge < -0.3 is 15.6 Å². The van der Waals surface area contributed by atoms with Crippen LogP contribution in [-0.2, 0) is 0 Å². The lowest BCUT2D eigenvalue weighted by atomic mass is 10.0. The van der Waals surface area contributed by atoms with E-state index in [4.69, 9.17) is 11.1 Å². The van der Waals surface area contributed by atoms with Gasteiger partial charge in [-0.3, -0.25) is 15.2 Å². The van der Waals surface area contributed by atoms with E-state index in [0.29, 0.717) is 0 Å². The molecule has 0 aliphatic carbocycles. The molecular formula is C21H23N5O. The Hall–Kier alpha value is -3.41. The number of anilines is 1. The fraction of sp³-hybridized carbons (Fsp3) is 0.190. The fourth-order valence-corrected chi connectivity index (χ4v) is 3.09. The van der Waals surface area contributed by atoms with Gasteiger partial charge in [0.2, 0.25) is 5.56 Å². The predicted octanol–water partition coefficient (Wildman–Crippen LogP) is 3.01. The highest BCUT2D eigenvalue weighted by Crippen LogP contribution is 2.29. The maximum absolute atomic E-state index is 10.2. The molecule has 3 heterocycles. The van der Waals surface area contributed by atoms with Crippen molar-refractivity contribution in [3.63, 3.8) is 0 Å². The molecule has 27 heavy (non-hydrogen) atoms. The van der Waals surface area contributed by atoms with Crippen LogP contribution in [0.4, 0.5) is 5.69 Å². The molecule has 0 atom stereocenters. The Balaban J connectivity index is 0.000000253. The van der Waals surface area contributed by atoms with Gasteiger partial charge >= 0.3 is 0 Å². The molecule has 6 heteroatoms. The molecule has 6 nitrogen and oxygen atoms in total. The number of hydrogen-bond acceptors (Lipinski definition) is 4. The van der Waals surface area contributed by atoms with Gasteiger partial charge in [0.05, 0.1) is 0 Å². The third-order valence-corrected chi connectivity index (χ3v) is 4.43. The van der Waals surface area contributed by atoms with E-state index in [2.05, 4.69) is 27.0 Å².